The van der Waals surface area contributed by atoms with E-state index in [2.05, 4.69) is 19.9 Å². The summed E-state index contributed by atoms with van der Waals surface area (Å²) in [5.74, 6) is 0.991. The zero-order valence-electron chi connectivity index (χ0n) is 16.8. The summed E-state index contributed by atoms with van der Waals surface area (Å²) in [6, 6.07) is 7.62. The second-order valence-corrected chi connectivity index (χ2v) is 8.81. The van der Waals surface area contributed by atoms with Gasteiger partial charge in [-0.2, -0.15) is 0 Å². The monoisotopic (exact) mass is 417 g/mol. The Morgan fingerprint density at radius 3 is 2.84 bits per heavy atom. The summed E-state index contributed by atoms with van der Waals surface area (Å²) in [6.07, 6.45) is 5.66. The average molecular weight is 417 g/mol. The van der Waals surface area contributed by atoms with Gasteiger partial charge in [0.05, 0.1) is 34.8 Å². The molecule has 0 unspecified atom stereocenters. The number of aliphatic hydroxyl groups is 2. The number of aromatic nitrogens is 5. The first kappa shape index (κ1) is 18.5. The van der Waals surface area contributed by atoms with E-state index in [0.29, 0.717) is 17.3 Å². The predicted octanol–water partition coefficient (Wildman–Crippen LogP) is 1.45. The second kappa shape index (κ2) is 6.35. The van der Waals surface area contributed by atoms with Crippen LogP contribution < -0.4 is 11.5 Å². The fourth-order valence-corrected chi connectivity index (χ4v) is 5.55. The van der Waals surface area contributed by atoms with Crippen molar-refractivity contribution in [2.75, 3.05) is 11.5 Å². The van der Waals surface area contributed by atoms with Crippen molar-refractivity contribution in [1.29, 1.82) is 0 Å². The number of aliphatic hydroxyl groups excluding tert-OH is 2. The molecule has 0 amide bonds. The van der Waals surface area contributed by atoms with Gasteiger partial charge in [-0.1, -0.05) is 6.07 Å². The van der Waals surface area contributed by atoms with Crippen LogP contribution >= 0.6 is 0 Å². The lowest BCUT2D eigenvalue weighted by Gasteiger charge is -2.24. The molecule has 3 aromatic heterocycles. The van der Waals surface area contributed by atoms with Crippen LogP contribution in [0.3, 0.4) is 0 Å². The van der Waals surface area contributed by atoms with E-state index in [0.717, 1.165) is 41.2 Å². The van der Waals surface area contributed by atoms with E-state index in [4.69, 9.17) is 11.5 Å². The van der Waals surface area contributed by atoms with Crippen molar-refractivity contribution >= 4 is 33.7 Å². The second-order valence-electron chi connectivity index (χ2n) is 8.81. The van der Waals surface area contributed by atoms with Crippen molar-refractivity contribution in [3.63, 3.8) is 0 Å². The molecule has 2 aliphatic rings. The molecule has 0 bridgehead atoms. The van der Waals surface area contributed by atoms with Gasteiger partial charge in [-0.05, 0) is 48.9 Å². The third-order valence-corrected chi connectivity index (χ3v) is 7.22. The molecule has 2 fully saturated rings. The van der Waals surface area contributed by atoms with Gasteiger partial charge in [-0.15, -0.1) is 0 Å². The summed E-state index contributed by atoms with van der Waals surface area (Å²) >= 11 is 0. The van der Waals surface area contributed by atoms with Gasteiger partial charge in [0.1, 0.15) is 29.7 Å². The average Bonchev–Trinajstić information content (AvgIpc) is 3.25. The number of rotatable bonds is 4. The van der Waals surface area contributed by atoms with E-state index in [9.17, 15) is 10.2 Å². The molecule has 0 saturated heterocycles. The van der Waals surface area contributed by atoms with Gasteiger partial charge in [-0.25, -0.2) is 15.0 Å². The SMILES string of the molecule is Nc1cnc2ccc(CC[C@@]34C[C@@H]3[C@@H](n3ccc5c(N)ncnc53)[C@H](O)[C@@H]4O)cc2n1. The molecule has 9 nitrogen and oxygen atoms in total. The van der Waals surface area contributed by atoms with E-state index in [1.807, 2.05) is 35.0 Å². The lowest BCUT2D eigenvalue weighted by Crippen LogP contribution is -2.34. The predicted molar refractivity (Wildman–Crippen MR) is 116 cm³/mol. The standard InChI is InChI=1S/C22H23N7O2/c23-16-9-25-14-2-1-11(7-15(14)28-16)3-5-22-8-13(22)17(18(30)19(22)31)29-6-4-12-20(24)26-10-27-21(12)29/h1-2,4,6-7,9-10,13,17-19,30-31H,3,5,8H2,(H2,23,28)(H2,24,26,27)/t13-,17-,18+,19+,22-/m1/s1. The number of fused-ring (bicyclic) bond motifs is 3. The molecule has 3 heterocycles. The Labute approximate surface area is 177 Å². The first-order chi connectivity index (χ1) is 15.0. The molecule has 6 N–H and O–H groups in total. The molecular weight excluding hydrogens is 394 g/mol. The number of hydrogen-bond acceptors (Lipinski definition) is 8. The molecule has 31 heavy (non-hydrogen) atoms. The Morgan fingerprint density at radius 1 is 1.10 bits per heavy atom. The topological polar surface area (TPSA) is 149 Å². The van der Waals surface area contributed by atoms with Crippen LogP contribution in [-0.4, -0.2) is 46.9 Å². The van der Waals surface area contributed by atoms with Gasteiger partial charge in [0, 0.05) is 11.6 Å². The zero-order chi connectivity index (χ0) is 21.3. The molecule has 0 aliphatic heterocycles. The van der Waals surface area contributed by atoms with Gasteiger partial charge in [-0.3, -0.25) is 4.98 Å². The van der Waals surface area contributed by atoms with Crippen molar-refractivity contribution in [3.8, 4) is 0 Å². The van der Waals surface area contributed by atoms with Crippen molar-refractivity contribution in [3.05, 3.63) is 48.5 Å². The van der Waals surface area contributed by atoms with Crippen LogP contribution in [0.15, 0.2) is 43.0 Å². The Hall–Kier alpha value is -3.30. The highest BCUT2D eigenvalue weighted by Gasteiger charge is 2.70. The van der Waals surface area contributed by atoms with E-state index >= 15 is 0 Å². The minimum atomic E-state index is -0.854. The van der Waals surface area contributed by atoms with Crippen LogP contribution in [0.5, 0.6) is 0 Å². The maximum absolute atomic E-state index is 11.0. The third kappa shape index (κ3) is 2.63. The molecule has 158 valence electrons. The summed E-state index contributed by atoms with van der Waals surface area (Å²) in [5.41, 5.74) is 14.8. The number of nitrogens with two attached hydrogens (primary N) is 2. The Bertz CT molecular complexity index is 1320. The third-order valence-electron chi connectivity index (χ3n) is 7.22. The Balaban J connectivity index is 1.27. The smallest absolute Gasteiger partial charge is 0.145 e. The molecule has 6 rings (SSSR count). The number of nitrogens with zero attached hydrogens (tertiary/aromatic N) is 5. The van der Waals surface area contributed by atoms with E-state index < -0.39 is 12.2 Å². The van der Waals surface area contributed by atoms with Crippen LogP contribution in [0, 0.1) is 11.3 Å². The number of nitrogen functional groups attached to an aromatic ring is 2. The van der Waals surface area contributed by atoms with E-state index in [1.165, 1.54) is 6.33 Å². The van der Waals surface area contributed by atoms with Crippen molar-refractivity contribution in [2.45, 2.75) is 37.5 Å². The lowest BCUT2D eigenvalue weighted by atomic mass is 9.91. The lowest BCUT2D eigenvalue weighted by molar-refractivity contribution is -0.0191. The van der Waals surface area contributed by atoms with E-state index in [-0.39, 0.29) is 17.4 Å². The van der Waals surface area contributed by atoms with Crippen molar-refractivity contribution in [2.24, 2.45) is 11.3 Å². The molecule has 4 aromatic rings. The van der Waals surface area contributed by atoms with Crippen LogP contribution in [0.4, 0.5) is 11.6 Å². The highest BCUT2D eigenvalue weighted by atomic mass is 16.3. The van der Waals surface area contributed by atoms with Crippen LogP contribution in [0.2, 0.25) is 0 Å². The molecule has 1 aromatic carbocycles. The van der Waals surface area contributed by atoms with Crippen molar-refractivity contribution in [1.82, 2.24) is 24.5 Å². The van der Waals surface area contributed by atoms with Crippen LogP contribution in [0.25, 0.3) is 22.1 Å². The molecular formula is C22H23N7O2. The molecule has 2 aliphatic carbocycles. The first-order valence-corrected chi connectivity index (χ1v) is 10.4. The summed E-state index contributed by atoms with van der Waals surface area (Å²) in [6.45, 7) is 0. The summed E-state index contributed by atoms with van der Waals surface area (Å²) in [7, 11) is 0. The number of benzene rings is 1. The fraction of sp³-hybridized carbons (Fsp3) is 0.364. The highest BCUT2D eigenvalue weighted by molar-refractivity contribution is 5.86. The molecule has 0 radical (unpaired) electrons. The quantitative estimate of drug-likeness (QED) is 0.390. The minimum absolute atomic E-state index is 0.181. The largest absolute Gasteiger partial charge is 0.390 e. The highest BCUT2D eigenvalue weighted by Crippen LogP contribution is 2.69. The summed E-state index contributed by atoms with van der Waals surface area (Å²) in [5, 5.41) is 22.7. The number of aryl methyl sites for hydroxylation is 1. The summed E-state index contributed by atoms with van der Waals surface area (Å²) in [4.78, 5) is 17.0. The first-order valence-electron chi connectivity index (χ1n) is 10.4. The molecule has 9 heteroatoms. The fourth-order valence-electron chi connectivity index (χ4n) is 5.55. The van der Waals surface area contributed by atoms with Gasteiger partial charge < -0.3 is 26.2 Å². The maximum atomic E-state index is 11.0. The Kier molecular flexibility index (Phi) is 3.78. The number of hydrogen-bond donors (Lipinski definition) is 4. The van der Waals surface area contributed by atoms with Crippen LogP contribution in [0.1, 0.15) is 24.4 Å². The van der Waals surface area contributed by atoms with Gasteiger partial charge >= 0.3 is 0 Å². The minimum Gasteiger partial charge on any atom is -0.390 e. The van der Waals surface area contributed by atoms with Gasteiger partial charge in [0.15, 0.2) is 0 Å². The Morgan fingerprint density at radius 2 is 1.97 bits per heavy atom. The molecule has 2 saturated carbocycles. The number of anilines is 2. The van der Waals surface area contributed by atoms with E-state index in [1.54, 1.807) is 6.20 Å². The zero-order valence-corrected chi connectivity index (χ0v) is 16.8. The maximum Gasteiger partial charge on any atom is 0.145 e. The van der Waals surface area contributed by atoms with Crippen molar-refractivity contribution < 1.29 is 10.2 Å². The molecule has 0 spiro atoms. The van der Waals surface area contributed by atoms with Crippen LogP contribution in [-0.2, 0) is 6.42 Å². The molecule has 5 atom stereocenters. The van der Waals surface area contributed by atoms with Gasteiger partial charge in [0.2, 0.25) is 0 Å². The van der Waals surface area contributed by atoms with Gasteiger partial charge in [0.25, 0.3) is 0 Å². The summed E-state index contributed by atoms with van der Waals surface area (Å²) < 4.78 is 1.95. The normalized spacial score (nSPS) is 29.5.